The number of hydrogen-bond acceptors (Lipinski definition) is 5. The number of carbonyl (C=O) groups excluding carboxylic acids is 2. The van der Waals surface area contributed by atoms with Gasteiger partial charge < -0.3 is 10.6 Å². The van der Waals surface area contributed by atoms with Crippen LogP contribution >= 0.6 is 0 Å². The molecule has 3 aliphatic rings. The van der Waals surface area contributed by atoms with E-state index < -0.39 is 26.7 Å². The lowest BCUT2D eigenvalue weighted by Gasteiger charge is -2.20. The molecular formula is C21H27N3O4S. The minimum atomic E-state index is -3.65. The maximum Gasteiger partial charge on any atom is 0.259 e. The lowest BCUT2D eigenvalue weighted by atomic mass is 9.95. The zero-order valence-corrected chi connectivity index (χ0v) is 17.1. The zero-order valence-electron chi connectivity index (χ0n) is 16.3. The highest BCUT2D eigenvalue weighted by atomic mass is 32.2. The van der Waals surface area contributed by atoms with Gasteiger partial charge in [0.05, 0.1) is 5.25 Å². The molecule has 4 atom stereocenters. The summed E-state index contributed by atoms with van der Waals surface area (Å²) in [5.74, 6) is -0.796. The van der Waals surface area contributed by atoms with E-state index in [2.05, 4.69) is 34.1 Å². The number of carbonyl (C=O) groups is 2. The molecule has 0 aromatic heterocycles. The highest BCUT2D eigenvalue weighted by Gasteiger charge is 2.61. The van der Waals surface area contributed by atoms with Crippen LogP contribution in [0.3, 0.4) is 0 Å². The molecule has 2 aliphatic carbocycles. The molecular weight excluding hydrogens is 390 g/mol. The van der Waals surface area contributed by atoms with E-state index >= 15 is 0 Å². The maximum absolute atomic E-state index is 12.7. The van der Waals surface area contributed by atoms with Crippen molar-refractivity contribution in [3.05, 3.63) is 48.6 Å². The van der Waals surface area contributed by atoms with Crippen LogP contribution in [0.5, 0.6) is 0 Å². The van der Waals surface area contributed by atoms with Crippen molar-refractivity contribution in [3.8, 4) is 0 Å². The first-order valence-electron chi connectivity index (χ1n) is 10.1. The molecule has 1 saturated heterocycles. The fourth-order valence-corrected chi connectivity index (χ4v) is 5.56. The summed E-state index contributed by atoms with van der Waals surface area (Å²) in [6.07, 6.45) is 4.21. The number of amides is 2. The standard InChI is InChI=1S/C21H27N3O4S/c1-2-16-12-21(16,20(26)24-29(27,28)18-8-9-18)23-19(25)11-17-10-15(13-22-17)14-6-4-3-5-7-14/h2-7,15-18,22H,1,8-13H2,(H,23,25)(H,24,26)/t15-,16-,17+,21-/m1/s1. The average molecular weight is 418 g/mol. The molecule has 2 amide bonds. The first-order valence-corrected chi connectivity index (χ1v) is 11.7. The molecule has 1 aromatic rings. The number of rotatable bonds is 8. The topological polar surface area (TPSA) is 104 Å². The predicted molar refractivity (Wildman–Crippen MR) is 109 cm³/mol. The lowest BCUT2D eigenvalue weighted by molar-refractivity contribution is -0.129. The molecule has 1 aliphatic heterocycles. The van der Waals surface area contributed by atoms with Crippen LogP contribution in [0.15, 0.2) is 43.0 Å². The highest BCUT2D eigenvalue weighted by molar-refractivity contribution is 7.91. The fraction of sp³-hybridized carbons (Fsp3) is 0.524. The second-order valence-corrected chi connectivity index (χ2v) is 10.4. The van der Waals surface area contributed by atoms with Crippen molar-refractivity contribution in [2.24, 2.45) is 5.92 Å². The smallest absolute Gasteiger partial charge is 0.259 e. The van der Waals surface area contributed by atoms with Crippen molar-refractivity contribution >= 4 is 21.8 Å². The summed E-state index contributed by atoms with van der Waals surface area (Å²) in [5, 5.41) is 5.70. The van der Waals surface area contributed by atoms with Crippen molar-refractivity contribution in [2.45, 2.75) is 54.9 Å². The monoisotopic (exact) mass is 417 g/mol. The Kier molecular flexibility index (Phi) is 5.25. The van der Waals surface area contributed by atoms with Crippen LogP contribution in [-0.2, 0) is 19.6 Å². The molecule has 2 saturated carbocycles. The van der Waals surface area contributed by atoms with E-state index in [0.29, 0.717) is 25.2 Å². The molecule has 4 rings (SSSR count). The molecule has 3 fully saturated rings. The molecule has 0 radical (unpaired) electrons. The fourth-order valence-electron chi connectivity index (χ4n) is 4.19. The van der Waals surface area contributed by atoms with Gasteiger partial charge in [-0.2, -0.15) is 0 Å². The molecule has 1 heterocycles. The first kappa shape index (κ1) is 20.1. The second-order valence-electron chi connectivity index (χ2n) is 8.39. The molecule has 156 valence electrons. The third-order valence-electron chi connectivity index (χ3n) is 6.19. The Labute approximate surface area is 171 Å². The Hall–Kier alpha value is -2.19. The van der Waals surface area contributed by atoms with Crippen LogP contribution in [-0.4, -0.2) is 43.6 Å². The van der Waals surface area contributed by atoms with Crippen molar-refractivity contribution in [2.75, 3.05) is 6.54 Å². The molecule has 0 unspecified atom stereocenters. The van der Waals surface area contributed by atoms with Crippen LogP contribution in [0.2, 0.25) is 0 Å². The van der Waals surface area contributed by atoms with E-state index in [1.807, 2.05) is 18.2 Å². The molecule has 29 heavy (non-hydrogen) atoms. The van der Waals surface area contributed by atoms with Gasteiger partial charge in [0.15, 0.2) is 0 Å². The van der Waals surface area contributed by atoms with Gasteiger partial charge in [0.1, 0.15) is 5.54 Å². The largest absolute Gasteiger partial charge is 0.341 e. The highest BCUT2D eigenvalue weighted by Crippen LogP contribution is 2.45. The molecule has 7 nitrogen and oxygen atoms in total. The summed E-state index contributed by atoms with van der Waals surface area (Å²) in [4.78, 5) is 25.3. The Bertz CT molecular complexity index is 913. The SMILES string of the molecule is C=C[C@@H]1C[C@]1(NC(=O)C[C@@H]1C[C@@H](c2ccccc2)CN1)C(=O)NS(=O)(=O)C1CC1. The van der Waals surface area contributed by atoms with E-state index in [9.17, 15) is 18.0 Å². The van der Waals surface area contributed by atoms with E-state index in [4.69, 9.17) is 0 Å². The lowest BCUT2D eigenvalue weighted by Crippen LogP contribution is -2.53. The Morgan fingerprint density at radius 2 is 1.97 bits per heavy atom. The van der Waals surface area contributed by atoms with Crippen molar-refractivity contribution in [1.29, 1.82) is 0 Å². The third kappa shape index (κ3) is 4.23. The van der Waals surface area contributed by atoms with E-state index in [1.165, 1.54) is 5.56 Å². The number of benzene rings is 1. The van der Waals surface area contributed by atoms with Gasteiger partial charge in [-0.3, -0.25) is 14.3 Å². The van der Waals surface area contributed by atoms with Crippen LogP contribution in [0.4, 0.5) is 0 Å². The van der Waals surface area contributed by atoms with Crippen molar-refractivity contribution in [1.82, 2.24) is 15.4 Å². The van der Waals surface area contributed by atoms with Crippen molar-refractivity contribution < 1.29 is 18.0 Å². The van der Waals surface area contributed by atoms with Crippen LogP contribution in [0.25, 0.3) is 0 Å². The minimum Gasteiger partial charge on any atom is -0.341 e. The molecule has 1 aromatic carbocycles. The van der Waals surface area contributed by atoms with Gasteiger partial charge in [-0.15, -0.1) is 6.58 Å². The van der Waals surface area contributed by atoms with Gasteiger partial charge in [0.2, 0.25) is 15.9 Å². The average Bonchev–Trinajstić information content (AvgIpc) is 3.60. The van der Waals surface area contributed by atoms with E-state index in [1.54, 1.807) is 6.08 Å². The molecule has 0 bridgehead atoms. The first-order chi connectivity index (χ1) is 13.8. The van der Waals surface area contributed by atoms with Gasteiger partial charge in [-0.25, -0.2) is 8.42 Å². The zero-order chi connectivity index (χ0) is 20.6. The molecule has 0 spiro atoms. The summed E-state index contributed by atoms with van der Waals surface area (Å²) >= 11 is 0. The van der Waals surface area contributed by atoms with Crippen molar-refractivity contribution in [3.63, 3.8) is 0 Å². The van der Waals surface area contributed by atoms with Gasteiger partial charge in [-0.1, -0.05) is 36.4 Å². The van der Waals surface area contributed by atoms with Gasteiger partial charge in [0, 0.05) is 24.9 Å². The Balaban J connectivity index is 1.35. The van der Waals surface area contributed by atoms with Gasteiger partial charge in [0.25, 0.3) is 5.91 Å². The Morgan fingerprint density at radius 3 is 2.59 bits per heavy atom. The third-order valence-corrected chi connectivity index (χ3v) is 8.01. The second kappa shape index (κ2) is 7.57. The minimum absolute atomic E-state index is 0.0245. The van der Waals surface area contributed by atoms with E-state index in [0.717, 1.165) is 13.0 Å². The summed E-state index contributed by atoms with van der Waals surface area (Å²) in [5.41, 5.74) is 0.0519. The molecule has 8 heteroatoms. The summed E-state index contributed by atoms with van der Waals surface area (Å²) in [7, 11) is -3.65. The predicted octanol–water partition coefficient (Wildman–Crippen LogP) is 1.19. The number of hydrogen-bond donors (Lipinski definition) is 3. The van der Waals surface area contributed by atoms with Crippen LogP contribution in [0, 0.1) is 5.92 Å². The van der Waals surface area contributed by atoms with Crippen LogP contribution < -0.4 is 15.4 Å². The normalized spacial score (nSPS) is 31.1. The van der Waals surface area contributed by atoms with Crippen LogP contribution in [0.1, 0.15) is 43.6 Å². The van der Waals surface area contributed by atoms with E-state index in [-0.39, 0.29) is 24.3 Å². The molecule has 3 N–H and O–H groups in total. The van der Waals surface area contributed by atoms with Gasteiger partial charge >= 0.3 is 0 Å². The Morgan fingerprint density at radius 1 is 1.24 bits per heavy atom. The summed E-state index contributed by atoms with van der Waals surface area (Å²) in [6.45, 7) is 4.51. The summed E-state index contributed by atoms with van der Waals surface area (Å²) in [6, 6.07) is 10.2. The quantitative estimate of drug-likeness (QED) is 0.551. The summed E-state index contributed by atoms with van der Waals surface area (Å²) < 4.78 is 26.4. The maximum atomic E-state index is 12.7. The number of nitrogens with one attached hydrogen (secondary N) is 3. The van der Waals surface area contributed by atoms with Gasteiger partial charge in [-0.05, 0) is 37.2 Å². The number of sulfonamides is 1.